The molecule has 0 radical (unpaired) electrons. The summed E-state index contributed by atoms with van der Waals surface area (Å²) in [5, 5.41) is 0. The van der Waals surface area contributed by atoms with E-state index < -0.39 is 5.97 Å². The van der Waals surface area contributed by atoms with Crippen LogP contribution in [0.4, 0.5) is 0 Å². The Hall–Kier alpha value is -1.32. The Morgan fingerprint density at radius 1 is 1.53 bits per heavy atom. The predicted octanol–water partition coefficient (Wildman–Crippen LogP) is 2.76. The topological polar surface area (TPSA) is 52.3 Å². The molecule has 17 heavy (non-hydrogen) atoms. The van der Waals surface area contributed by atoms with E-state index in [1.54, 1.807) is 0 Å². The number of aromatic nitrogens is 1. The van der Waals surface area contributed by atoms with Gasteiger partial charge in [-0.25, -0.2) is 9.78 Å². The zero-order valence-corrected chi connectivity index (χ0v) is 10.5. The average Bonchev–Trinajstić information content (AvgIpc) is 2.66. The van der Waals surface area contributed by atoms with Crippen LogP contribution in [0.5, 0.6) is 0 Å². The Balaban J connectivity index is 2.13. The number of hydrogen-bond acceptors (Lipinski definition) is 4. The van der Waals surface area contributed by atoms with Crippen molar-refractivity contribution < 1.29 is 13.9 Å². The normalized spacial score (nSPS) is 15.6. The molecule has 0 saturated heterocycles. The van der Waals surface area contributed by atoms with Crippen LogP contribution in [0.2, 0.25) is 0 Å². The standard InChI is InChI=1S/C13H19NO3/c1-3-5-10-12(13(15)16-2)17-11(14-10)8-9-6-4-7-9/h9H,3-8H2,1-2H3. The monoisotopic (exact) mass is 237 g/mol. The SMILES string of the molecule is CCCc1nc(CC2CCC2)oc1C(=O)OC. The average molecular weight is 237 g/mol. The fourth-order valence-electron chi connectivity index (χ4n) is 2.09. The predicted molar refractivity (Wildman–Crippen MR) is 62.9 cm³/mol. The van der Waals surface area contributed by atoms with Gasteiger partial charge in [0.2, 0.25) is 5.76 Å². The van der Waals surface area contributed by atoms with E-state index in [4.69, 9.17) is 9.15 Å². The van der Waals surface area contributed by atoms with E-state index in [0.717, 1.165) is 25.0 Å². The fourth-order valence-corrected chi connectivity index (χ4v) is 2.09. The van der Waals surface area contributed by atoms with Gasteiger partial charge < -0.3 is 9.15 Å². The van der Waals surface area contributed by atoms with E-state index in [1.807, 2.05) is 0 Å². The number of nitrogens with zero attached hydrogens (tertiary/aromatic N) is 1. The molecule has 0 amide bonds. The first-order valence-corrected chi connectivity index (χ1v) is 6.31. The maximum Gasteiger partial charge on any atom is 0.375 e. The molecule has 0 aromatic carbocycles. The van der Waals surface area contributed by atoms with Gasteiger partial charge in [0.05, 0.1) is 12.8 Å². The Kier molecular flexibility index (Phi) is 3.82. The summed E-state index contributed by atoms with van der Waals surface area (Å²) in [6, 6.07) is 0. The number of rotatable bonds is 5. The van der Waals surface area contributed by atoms with Crippen molar-refractivity contribution in [3.8, 4) is 0 Å². The minimum atomic E-state index is -0.416. The largest absolute Gasteiger partial charge is 0.463 e. The second-order valence-corrected chi connectivity index (χ2v) is 4.63. The van der Waals surface area contributed by atoms with Crippen molar-refractivity contribution in [1.29, 1.82) is 0 Å². The summed E-state index contributed by atoms with van der Waals surface area (Å²) in [5.41, 5.74) is 0.744. The van der Waals surface area contributed by atoms with Crippen LogP contribution in [0, 0.1) is 5.92 Å². The van der Waals surface area contributed by atoms with E-state index in [9.17, 15) is 4.79 Å². The molecule has 4 heteroatoms. The molecule has 1 aromatic heterocycles. The molecule has 1 aliphatic carbocycles. The van der Waals surface area contributed by atoms with Crippen molar-refractivity contribution >= 4 is 5.97 Å². The first-order chi connectivity index (χ1) is 8.24. The lowest BCUT2D eigenvalue weighted by molar-refractivity contribution is 0.0560. The van der Waals surface area contributed by atoms with Crippen LogP contribution >= 0.6 is 0 Å². The van der Waals surface area contributed by atoms with E-state index in [-0.39, 0.29) is 0 Å². The number of esters is 1. The first-order valence-electron chi connectivity index (χ1n) is 6.31. The van der Waals surface area contributed by atoms with Gasteiger partial charge in [0, 0.05) is 6.42 Å². The van der Waals surface area contributed by atoms with Crippen molar-refractivity contribution in [3.05, 3.63) is 17.3 Å². The van der Waals surface area contributed by atoms with Crippen LogP contribution in [0.25, 0.3) is 0 Å². The van der Waals surface area contributed by atoms with Crippen molar-refractivity contribution in [2.45, 2.75) is 45.4 Å². The van der Waals surface area contributed by atoms with Crippen molar-refractivity contribution in [3.63, 3.8) is 0 Å². The van der Waals surface area contributed by atoms with Crippen molar-refractivity contribution in [1.82, 2.24) is 4.98 Å². The van der Waals surface area contributed by atoms with Crippen LogP contribution in [0.15, 0.2) is 4.42 Å². The van der Waals surface area contributed by atoms with Gasteiger partial charge in [0.15, 0.2) is 5.89 Å². The Bertz CT molecular complexity index is 393. The number of carbonyl (C=O) groups excluding carboxylic acids is 1. The summed E-state index contributed by atoms with van der Waals surface area (Å²) < 4.78 is 10.2. The zero-order chi connectivity index (χ0) is 12.3. The molecule has 0 aliphatic heterocycles. The molecular formula is C13H19NO3. The lowest BCUT2D eigenvalue weighted by Crippen LogP contribution is -2.13. The molecule has 4 nitrogen and oxygen atoms in total. The first kappa shape index (κ1) is 12.1. The Morgan fingerprint density at radius 3 is 2.82 bits per heavy atom. The highest BCUT2D eigenvalue weighted by Crippen LogP contribution is 2.30. The van der Waals surface area contributed by atoms with Gasteiger partial charge >= 0.3 is 5.97 Å². The molecule has 0 unspecified atom stereocenters. The third-order valence-electron chi connectivity index (χ3n) is 3.29. The molecule has 94 valence electrons. The van der Waals surface area contributed by atoms with Crippen LogP contribution in [0.3, 0.4) is 0 Å². The Morgan fingerprint density at radius 2 is 2.29 bits per heavy atom. The lowest BCUT2D eigenvalue weighted by atomic mass is 9.83. The molecule has 0 atom stereocenters. The summed E-state index contributed by atoms with van der Waals surface area (Å²) in [7, 11) is 1.37. The molecule has 0 N–H and O–H groups in total. The molecule has 1 fully saturated rings. The summed E-state index contributed by atoms with van der Waals surface area (Å²) in [6.07, 6.45) is 6.36. The van der Waals surface area contributed by atoms with Crippen LogP contribution in [0.1, 0.15) is 54.7 Å². The zero-order valence-electron chi connectivity index (χ0n) is 10.5. The smallest absolute Gasteiger partial charge is 0.375 e. The highest BCUT2D eigenvalue weighted by Gasteiger charge is 2.24. The number of aryl methyl sites for hydroxylation is 1. The number of carbonyl (C=O) groups is 1. The number of methoxy groups -OCH3 is 1. The van der Waals surface area contributed by atoms with Crippen LogP contribution in [-0.4, -0.2) is 18.1 Å². The van der Waals surface area contributed by atoms with Crippen molar-refractivity contribution in [2.24, 2.45) is 5.92 Å². The van der Waals surface area contributed by atoms with Gasteiger partial charge in [0.1, 0.15) is 0 Å². The van der Waals surface area contributed by atoms with E-state index in [2.05, 4.69) is 11.9 Å². The van der Waals surface area contributed by atoms with Crippen LogP contribution < -0.4 is 0 Å². The van der Waals surface area contributed by atoms with Gasteiger partial charge in [-0.3, -0.25) is 0 Å². The molecule has 1 heterocycles. The third kappa shape index (κ3) is 2.68. The van der Waals surface area contributed by atoms with Gasteiger partial charge in [-0.1, -0.05) is 19.8 Å². The van der Waals surface area contributed by atoms with E-state index in [0.29, 0.717) is 17.6 Å². The highest BCUT2D eigenvalue weighted by molar-refractivity contribution is 5.87. The molecule has 0 spiro atoms. The summed E-state index contributed by atoms with van der Waals surface area (Å²) in [4.78, 5) is 16.0. The maximum atomic E-state index is 11.5. The van der Waals surface area contributed by atoms with Crippen LogP contribution in [-0.2, 0) is 17.6 Å². The Labute approximate surface area is 101 Å². The minimum Gasteiger partial charge on any atom is -0.463 e. The summed E-state index contributed by atoms with van der Waals surface area (Å²) >= 11 is 0. The third-order valence-corrected chi connectivity index (χ3v) is 3.29. The molecule has 0 bridgehead atoms. The molecular weight excluding hydrogens is 218 g/mol. The lowest BCUT2D eigenvalue weighted by Gasteiger charge is -2.23. The summed E-state index contributed by atoms with van der Waals surface area (Å²) in [6.45, 7) is 2.06. The van der Waals surface area contributed by atoms with Gasteiger partial charge in [-0.05, 0) is 25.2 Å². The van der Waals surface area contributed by atoms with E-state index >= 15 is 0 Å². The van der Waals surface area contributed by atoms with Gasteiger partial charge in [0.25, 0.3) is 0 Å². The second-order valence-electron chi connectivity index (χ2n) is 4.63. The number of ether oxygens (including phenoxy) is 1. The molecule has 1 aromatic rings. The van der Waals surface area contributed by atoms with Gasteiger partial charge in [-0.15, -0.1) is 0 Å². The molecule has 1 aliphatic rings. The quantitative estimate of drug-likeness (QED) is 0.739. The fraction of sp³-hybridized carbons (Fsp3) is 0.692. The van der Waals surface area contributed by atoms with Gasteiger partial charge in [-0.2, -0.15) is 0 Å². The molecule has 2 rings (SSSR count). The number of oxazole rings is 1. The second kappa shape index (κ2) is 5.34. The highest BCUT2D eigenvalue weighted by atomic mass is 16.5. The van der Waals surface area contributed by atoms with E-state index in [1.165, 1.54) is 26.4 Å². The minimum absolute atomic E-state index is 0.295. The van der Waals surface area contributed by atoms with Crippen molar-refractivity contribution in [2.75, 3.05) is 7.11 Å². The maximum absolute atomic E-state index is 11.5. The summed E-state index contributed by atoms with van der Waals surface area (Å²) in [5.74, 6) is 1.26. The number of hydrogen-bond donors (Lipinski definition) is 0. The molecule has 1 saturated carbocycles.